The Morgan fingerprint density at radius 2 is 2.23 bits per heavy atom. The summed E-state index contributed by atoms with van der Waals surface area (Å²) in [5.74, 6) is 1.97. The van der Waals surface area contributed by atoms with Crippen LogP contribution in [0.15, 0.2) is 18.3 Å². The van der Waals surface area contributed by atoms with Crippen molar-refractivity contribution in [3.8, 4) is 0 Å². The summed E-state index contributed by atoms with van der Waals surface area (Å²) in [6.45, 7) is 4.40. The minimum Gasteiger partial charge on any atom is -0.363 e. The summed E-state index contributed by atoms with van der Waals surface area (Å²) in [6.07, 6.45) is 9.15. The van der Waals surface area contributed by atoms with E-state index in [1.807, 2.05) is 11.8 Å². The highest BCUT2D eigenvalue weighted by Crippen LogP contribution is 2.32. The van der Waals surface area contributed by atoms with Crippen LogP contribution in [0.2, 0.25) is 0 Å². The molecule has 3 nitrogen and oxygen atoms in total. The van der Waals surface area contributed by atoms with Gasteiger partial charge in [-0.1, -0.05) is 6.92 Å². The smallest absolute Gasteiger partial charge is 0.169 e. The largest absolute Gasteiger partial charge is 0.363 e. The van der Waals surface area contributed by atoms with Gasteiger partial charge in [-0.15, -0.1) is 0 Å². The second-order valence-corrected chi connectivity index (χ2v) is 7.67. The topological polar surface area (TPSA) is 20.2 Å². The van der Waals surface area contributed by atoms with Gasteiger partial charge in [0.2, 0.25) is 0 Å². The first kappa shape index (κ1) is 17.7. The van der Waals surface area contributed by atoms with Gasteiger partial charge in [0, 0.05) is 32.0 Å². The SMILES string of the molecule is CSCCCNC(=S)N1CC[C@H](C)CC[C@H]1c1cccn1C. The van der Waals surface area contributed by atoms with E-state index in [0.717, 1.165) is 24.1 Å². The molecule has 1 saturated heterocycles. The Morgan fingerprint density at radius 1 is 1.41 bits per heavy atom. The van der Waals surface area contributed by atoms with Crippen LogP contribution in [0.1, 0.15) is 44.3 Å². The fourth-order valence-corrected chi connectivity index (χ4v) is 3.90. The summed E-state index contributed by atoms with van der Waals surface area (Å²) in [7, 11) is 2.14. The summed E-state index contributed by atoms with van der Waals surface area (Å²) in [5.41, 5.74) is 1.38. The van der Waals surface area contributed by atoms with E-state index in [0.29, 0.717) is 6.04 Å². The van der Waals surface area contributed by atoms with Crippen molar-refractivity contribution in [1.29, 1.82) is 0 Å². The van der Waals surface area contributed by atoms with Crippen LogP contribution < -0.4 is 5.32 Å². The normalized spacial score (nSPS) is 22.4. The molecule has 1 aliphatic heterocycles. The molecule has 124 valence electrons. The third kappa shape index (κ3) is 4.66. The first-order valence-corrected chi connectivity index (χ1v) is 10.1. The van der Waals surface area contributed by atoms with Crippen LogP contribution in [0.25, 0.3) is 0 Å². The number of hydrogen-bond acceptors (Lipinski definition) is 2. The van der Waals surface area contributed by atoms with E-state index >= 15 is 0 Å². The molecule has 0 unspecified atom stereocenters. The van der Waals surface area contributed by atoms with E-state index in [1.54, 1.807) is 0 Å². The highest BCUT2D eigenvalue weighted by atomic mass is 32.2. The van der Waals surface area contributed by atoms with Gasteiger partial charge in [-0.3, -0.25) is 0 Å². The van der Waals surface area contributed by atoms with E-state index in [9.17, 15) is 0 Å². The number of aryl methyl sites for hydroxylation is 1. The molecule has 1 N–H and O–H groups in total. The predicted octanol–water partition coefficient (Wildman–Crippen LogP) is 3.82. The molecule has 5 heteroatoms. The number of thioether (sulfide) groups is 1. The lowest BCUT2D eigenvalue weighted by atomic mass is 10.0. The fraction of sp³-hybridized carbons (Fsp3) is 0.706. The van der Waals surface area contributed by atoms with Gasteiger partial charge in [-0.05, 0) is 68.0 Å². The average Bonchev–Trinajstić information content (AvgIpc) is 2.82. The molecular weight excluding hydrogens is 310 g/mol. The molecule has 0 amide bonds. The van der Waals surface area contributed by atoms with Gasteiger partial charge in [-0.25, -0.2) is 0 Å². The Labute approximate surface area is 144 Å². The Morgan fingerprint density at radius 3 is 2.91 bits per heavy atom. The molecule has 2 heterocycles. The second kappa shape index (κ2) is 8.82. The summed E-state index contributed by atoms with van der Waals surface area (Å²) in [5, 5.41) is 4.41. The number of nitrogens with one attached hydrogen (secondary N) is 1. The molecule has 2 rings (SSSR count). The van der Waals surface area contributed by atoms with Crippen molar-refractivity contribution >= 4 is 29.1 Å². The monoisotopic (exact) mass is 339 g/mol. The van der Waals surface area contributed by atoms with Gasteiger partial charge in [0.15, 0.2) is 5.11 Å². The predicted molar refractivity (Wildman–Crippen MR) is 101 cm³/mol. The fourth-order valence-electron chi connectivity index (χ4n) is 3.14. The van der Waals surface area contributed by atoms with Crippen molar-refractivity contribution in [2.24, 2.45) is 13.0 Å². The van der Waals surface area contributed by atoms with Gasteiger partial charge in [-0.2, -0.15) is 11.8 Å². The summed E-state index contributed by atoms with van der Waals surface area (Å²) >= 11 is 7.61. The first-order valence-electron chi connectivity index (χ1n) is 8.28. The minimum atomic E-state index is 0.408. The molecule has 22 heavy (non-hydrogen) atoms. The zero-order valence-electron chi connectivity index (χ0n) is 14.0. The standard InChI is InChI=1S/C17H29N3S2/c1-14-7-8-16(15-6-4-11-19(15)2)20(12-9-14)17(21)18-10-5-13-22-3/h4,6,11,14,16H,5,7-10,12-13H2,1-3H3,(H,18,21)/t14-,16+/m1/s1. The molecule has 0 bridgehead atoms. The van der Waals surface area contributed by atoms with Gasteiger partial charge in [0.25, 0.3) is 0 Å². The summed E-state index contributed by atoms with van der Waals surface area (Å²) < 4.78 is 2.24. The number of hydrogen-bond donors (Lipinski definition) is 1. The zero-order valence-corrected chi connectivity index (χ0v) is 15.7. The Hall–Kier alpha value is -0.680. The van der Waals surface area contributed by atoms with Crippen molar-refractivity contribution in [3.05, 3.63) is 24.0 Å². The first-order chi connectivity index (χ1) is 10.6. The number of aromatic nitrogens is 1. The molecule has 1 aromatic rings. The lowest BCUT2D eigenvalue weighted by Gasteiger charge is -2.33. The molecule has 2 atom stereocenters. The van der Waals surface area contributed by atoms with Gasteiger partial charge >= 0.3 is 0 Å². The van der Waals surface area contributed by atoms with Crippen LogP contribution in [0, 0.1) is 5.92 Å². The van der Waals surface area contributed by atoms with Gasteiger partial charge in [0.1, 0.15) is 0 Å². The number of nitrogens with zero attached hydrogens (tertiary/aromatic N) is 2. The maximum atomic E-state index is 5.72. The molecule has 1 aromatic heterocycles. The third-order valence-electron chi connectivity index (χ3n) is 4.56. The number of likely N-dealkylation sites (tertiary alicyclic amines) is 1. The molecule has 0 aliphatic carbocycles. The van der Waals surface area contributed by atoms with Crippen LogP contribution in [0.3, 0.4) is 0 Å². The van der Waals surface area contributed by atoms with E-state index in [-0.39, 0.29) is 0 Å². The van der Waals surface area contributed by atoms with Crippen molar-refractivity contribution in [2.45, 2.75) is 38.6 Å². The van der Waals surface area contributed by atoms with Crippen LogP contribution in [-0.4, -0.2) is 39.7 Å². The maximum Gasteiger partial charge on any atom is 0.169 e. The van der Waals surface area contributed by atoms with E-state index in [4.69, 9.17) is 12.2 Å². The highest BCUT2D eigenvalue weighted by Gasteiger charge is 2.28. The highest BCUT2D eigenvalue weighted by molar-refractivity contribution is 7.98. The summed E-state index contributed by atoms with van der Waals surface area (Å²) in [6, 6.07) is 4.78. The molecule has 0 radical (unpaired) electrons. The van der Waals surface area contributed by atoms with E-state index < -0.39 is 0 Å². The molecule has 0 spiro atoms. The molecule has 1 fully saturated rings. The van der Waals surface area contributed by atoms with Crippen LogP contribution in [-0.2, 0) is 7.05 Å². The minimum absolute atomic E-state index is 0.408. The molecule has 1 aliphatic rings. The average molecular weight is 340 g/mol. The Bertz CT molecular complexity index is 472. The van der Waals surface area contributed by atoms with Crippen LogP contribution in [0.5, 0.6) is 0 Å². The van der Waals surface area contributed by atoms with Gasteiger partial charge in [0.05, 0.1) is 6.04 Å². The lowest BCUT2D eigenvalue weighted by molar-refractivity contribution is 0.306. The maximum absolute atomic E-state index is 5.72. The quantitative estimate of drug-likeness (QED) is 0.650. The van der Waals surface area contributed by atoms with Crippen LogP contribution >= 0.6 is 24.0 Å². The molecular formula is C17H29N3S2. The number of thiocarbonyl (C=S) groups is 1. The third-order valence-corrected chi connectivity index (χ3v) is 5.64. The lowest BCUT2D eigenvalue weighted by Crippen LogP contribution is -2.42. The Kier molecular flexibility index (Phi) is 7.09. The van der Waals surface area contributed by atoms with Crippen molar-refractivity contribution in [3.63, 3.8) is 0 Å². The van der Waals surface area contributed by atoms with E-state index in [2.05, 4.69) is 53.3 Å². The van der Waals surface area contributed by atoms with Crippen molar-refractivity contribution in [2.75, 3.05) is 25.1 Å². The van der Waals surface area contributed by atoms with Crippen molar-refractivity contribution in [1.82, 2.24) is 14.8 Å². The Balaban J connectivity index is 2.06. The number of rotatable bonds is 5. The molecule has 0 aromatic carbocycles. The summed E-state index contributed by atoms with van der Waals surface area (Å²) in [4.78, 5) is 2.42. The van der Waals surface area contributed by atoms with Crippen LogP contribution in [0.4, 0.5) is 0 Å². The van der Waals surface area contributed by atoms with E-state index in [1.165, 1.54) is 37.1 Å². The molecule has 0 saturated carbocycles. The van der Waals surface area contributed by atoms with Crippen molar-refractivity contribution < 1.29 is 0 Å². The zero-order chi connectivity index (χ0) is 15.9. The van der Waals surface area contributed by atoms with Gasteiger partial charge < -0.3 is 14.8 Å². The second-order valence-electron chi connectivity index (χ2n) is 6.30.